The highest BCUT2D eigenvalue weighted by Gasteiger charge is 2.32. The lowest BCUT2D eigenvalue weighted by molar-refractivity contribution is -0.138. The number of halogens is 6. The normalized spacial score (nSPS) is 12.0. The molecule has 0 aliphatic rings. The largest absolute Gasteiger partial charge is 0.416 e. The summed E-state index contributed by atoms with van der Waals surface area (Å²) in [5.41, 5.74) is 8.55. The molecule has 0 saturated heterocycles. The Kier molecular flexibility index (Phi) is 10.2. The van der Waals surface area contributed by atoms with Gasteiger partial charge in [0.1, 0.15) is 0 Å². The van der Waals surface area contributed by atoms with Gasteiger partial charge in [-0.25, -0.2) is 15.0 Å². The minimum absolute atomic E-state index is 0.255. The van der Waals surface area contributed by atoms with Crippen LogP contribution < -0.4 is 0 Å². The Morgan fingerprint density at radius 1 is 0.369 bits per heavy atom. The van der Waals surface area contributed by atoms with Crippen molar-refractivity contribution in [2.75, 3.05) is 0 Å². The number of alkyl halides is 6. The fourth-order valence-electron chi connectivity index (χ4n) is 8.58. The number of hydrogen-bond donors (Lipinski definition) is 0. The second kappa shape index (κ2) is 16.1. The highest BCUT2D eigenvalue weighted by Crippen LogP contribution is 2.45. The lowest BCUT2D eigenvalue weighted by Crippen LogP contribution is -2.06. The summed E-state index contributed by atoms with van der Waals surface area (Å²) in [6.07, 6.45) is -9.19. The zero-order valence-electron chi connectivity index (χ0n) is 34.9. The molecule has 0 amide bonds. The third-order valence-corrected chi connectivity index (χ3v) is 11.7. The maximum atomic E-state index is 14.1. The van der Waals surface area contributed by atoms with Gasteiger partial charge in [0.2, 0.25) is 0 Å². The highest BCUT2D eigenvalue weighted by atomic mass is 19.4. The zero-order chi connectivity index (χ0) is 45.0. The van der Waals surface area contributed by atoms with Gasteiger partial charge in [-0.05, 0) is 96.3 Å². The number of aromatic nitrogens is 4. The molecule has 0 aliphatic heterocycles. The Bertz CT molecular complexity index is 3260. The van der Waals surface area contributed by atoms with Gasteiger partial charge in [-0.3, -0.25) is 0 Å². The van der Waals surface area contributed by atoms with Crippen molar-refractivity contribution >= 4 is 21.8 Å². The van der Waals surface area contributed by atoms with Gasteiger partial charge in [0, 0.05) is 38.6 Å². The predicted octanol–water partition coefficient (Wildman–Crippen LogP) is 15.6. The van der Waals surface area contributed by atoms with E-state index in [2.05, 4.69) is 35.8 Å². The van der Waals surface area contributed by atoms with Crippen LogP contribution in [0.5, 0.6) is 0 Å². The molecule has 2 aromatic heterocycles. The summed E-state index contributed by atoms with van der Waals surface area (Å²) in [7, 11) is 0. The molecule has 0 unspecified atom stereocenters. The average Bonchev–Trinajstić information content (AvgIpc) is 3.64. The topological polar surface area (TPSA) is 43.6 Å². The molecular weight excluding hydrogens is 831 g/mol. The van der Waals surface area contributed by atoms with E-state index >= 15 is 0 Å². The first-order chi connectivity index (χ1) is 31.3. The Hall–Kier alpha value is -7.85. The van der Waals surface area contributed by atoms with E-state index in [0.717, 1.165) is 79.5 Å². The smallest absolute Gasteiger partial charge is 0.308 e. The number of hydrogen-bond acceptors (Lipinski definition) is 3. The highest BCUT2D eigenvalue weighted by molar-refractivity contribution is 6.12. The molecule has 0 bridgehead atoms. The van der Waals surface area contributed by atoms with Crippen LogP contribution in [0.1, 0.15) is 22.3 Å². The van der Waals surface area contributed by atoms with E-state index in [9.17, 15) is 26.3 Å². The molecule has 10 heteroatoms. The summed E-state index contributed by atoms with van der Waals surface area (Å²) in [6, 6.07) is 52.7. The van der Waals surface area contributed by atoms with Gasteiger partial charge < -0.3 is 4.57 Å². The molecule has 0 N–H and O–H groups in total. The van der Waals surface area contributed by atoms with Gasteiger partial charge >= 0.3 is 12.4 Å². The van der Waals surface area contributed by atoms with Crippen LogP contribution in [0.3, 0.4) is 0 Å². The van der Waals surface area contributed by atoms with Crippen LogP contribution in [-0.2, 0) is 12.4 Å². The molecule has 2 heterocycles. The molecule has 4 nitrogen and oxygen atoms in total. The SMILES string of the molecule is Cc1ccc(-c2ccc3c(c2)c2ccccc2n3-c2c(-c3ccc(C(F)(F)F)cc3)cc(-c3nc(-c4ccccc4)nc(-c4ccccc4)n3)cc2-c2ccc(C(F)(F)F)cc2)c(C)c1. The van der Waals surface area contributed by atoms with E-state index in [1.165, 1.54) is 24.3 Å². The van der Waals surface area contributed by atoms with Crippen molar-refractivity contribution in [2.24, 2.45) is 0 Å². The second-order valence-corrected chi connectivity index (χ2v) is 16.0. The van der Waals surface area contributed by atoms with Crippen molar-refractivity contribution in [3.8, 4) is 73.2 Å². The third-order valence-electron chi connectivity index (χ3n) is 11.7. The van der Waals surface area contributed by atoms with Gasteiger partial charge in [-0.15, -0.1) is 0 Å². The van der Waals surface area contributed by atoms with Crippen LogP contribution in [0.4, 0.5) is 26.3 Å². The van der Waals surface area contributed by atoms with Crippen molar-refractivity contribution in [3.63, 3.8) is 0 Å². The number of fused-ring (bicyclic) bond motifs is 3. The lowest BCUT2D eigenvalue weighted by atomic mass is 9.91. The lowest BCUT2D eigenvalue weighted by Gasteiger charge is -2.21. The summed E-state index contributed by atoms with van der Waals surface area (Å²) >= 11 is 0. The molecule has 0 radical (unpaired) electrons. The fourth-order valence-corrected chi connectivity index (χ4v) is 8.58. The minimum Gasteiger partial charge on any atom is -0.308 e. The Balaban J connectivity index is 1.32. The van der Waals surface area contributed by atoms with Crippen LogP contribution >= 0.6 is 0 Å². The first-order valence-corrected chi connectivity index (χ1v) is 20.8. The van der Waals surface area contributed by atoms with Crippen LogP contribution in [-0.4, -0.2) is 19.5 Å². The number of benzene rings is 8. The fraction of sp³-hybridized carbons (Fsp3) is 0.0727. The molecule has 8 aromatic carbocycles. The predicted molar refractivity (Wildman–Crippen MR) is 246 cm³/mol. The molecule has 0 saturated carbocycles. The molecule has 318 valence electrons. The molecule has 0 aliphatic carbocycles. The third kappa shape index (κ3) is 7.81. The molecule has 0 fully saturated rings. The van der Waals surface area contributed by atoms with Crippen molar-refractivity contribution in [1.29, 1.82) is 0 Å². The summed E-state index contributed by atoms with van der Waals surface area (Å²) in [5, 5.41) is 1.82. The van der Waals surface area contributed by atoms with Gasteiger partial charge in [0.25, 0.3) is 0 Å². The molecule has 0 spiro atoms. The van der Waals surface area contributed by atoms with E-state index in [4.69, 9.17) is 15.0 Å². The van der Waals surface area contributed by atoms with Gasteiger partial charge in [0.15, 0.2) is 17.5 Å². The van der Waals surface area contributed by atoms with Gasteiger partial charge in [-0.1, -0.05) is 133 Å². The van der Waals surface area contributed by atoms with Crippen LogP contribution in [0.15, 0.2) is 182 Å². The quantitative estimate of drug-likeness (QED) is 0.150. The maximum Gasteiger partial charge on any atom is 0.416 e. The first kappa shape index (κ1) is 41.2. The molecule has 10 rings (SSSR count). The molecule has 10 aromatic rings. The van der Waals surface area contributed by atoms with E-state index in [-0.39, 0.29) is 5.82 Å². The Labute approximate surface area is 370 Å². The monoisotopic (exact) mass is 866 g/mol. The van der Waals surface area contributed by atoms with Crippen LogP contribution in [0.2, 0.25) is 0 Å². The Morgan fingerprint density at radius 2 is 0.831 bits per heavy atom. The average molecular weight is 867 g/mol. The Morgan fingerprint density at radius 3 is 1.34 bits per heavy atom. The van der Waals surface area contributed by atoms with E-state index < -0.39 is 23.5 Å². The zero-order valence-corrected chi connectivity index (χ0v) is 34.9. The second-order valence-electron chi connectivity index (χ2n) is 16.0. The van der Waals surface area contributed by atoms with Crippen molar-refractivity contribution in [2.45, 2.75) is 26.2 Å². The van der Waals surface area contributed by atoms with E-state index in [0.29, 0.717) is 45.2 Å². The summed E-state index contributed by atoms with van der Waals surface area (Å²) in [4.78, 5) is 14.8. The molecular formula is C55H36F6N4. The summed E-state index contributed by atoms with van der Waals surface area (Å²) < 4.78 is 86.7. The van der Waals surface area contributed by atoms with E-state index in [1.807, 2.05) is 116 Å². The minimum atomic E-state index is -4.60. The number of para-hydroxylation sites is 1. The van der Waals surface area contributed by atoms with Crippen LogP contribution in [0.25, 0.3) is 95.0 Å². The number of aryl methyl sites for hydroxylation is 2. The molecule has 0 atom stereocenters. The van der Waals surface area contributed by atoms with Crippen molar-refractivity contribution < 1.29 is 26.3 Å². The van der Waals surface area contributed by atoms with Gasteiger partial charge in [-0.2, -0.15) is 26.3 Å². The van der Waals surface area contributed by atoms with E-state index in [1.54, 1.807) is 0 Å². The van der Waals surface area contributed by atoms with Crippen LogP contribution in [0, 0.1) is 13.8 Å². The maximum absolute atomic E-state index is 14.1. The summed E-state index contributed by atoms with van der Waals surface area (Å²) in [6.45, 7) is 4.12. The first-order valence-electron chi connectivity index (χ1n) is 20.8. The van der Waals surface area contributed by atoms with Crippen molar-refractivity contribution in [1.82, 2.24) is 19.5 Å². The number of nitrogens with zero attached hydrogens (tertiary/aromatic N) is 4. The van der Waals surface area contributed by atoms with Gasteiger partial charge in [0.05, 0.1) is 27.8 Å². The summed E-state index contributed by atoms with van der Waals surface area (Å²) in [5.74, 6) is 1.02. The van der Waals surface area contributed by atoms with Crippen molar-refractivity contribution in [3.05, 3.63) is 204 Å². The molecule has 65 heavy (non-hydrogen) atoms. The number of rotatable bonds is 7. The standard InChI is InChI=1S/C55H36F6N4/c1-33-17-27-43(34(2)29-33)39-22-28-49-47(30-39)44-15-9-10-16-48(44)65(49)50-45(35-18-23-41(24-19-35)54(56,57)58)31-40(32-46(50)36-20-25-42(26-21-36)55(59,60)61)53-63-51(37-11-5-3-6-12-37)62-52(64-53)38-13-7-4-8-14-38/h3-32H,1-2H3.